The van der Waals surface area contributed by atoms with Crippen molar-refractivity contribution < 1.29 is 14.2 Å². The van der Waals surface area contributed by atoms with Gasteiger partial charge < -0.3 is 9.84 Å². The largest absolute Gasteiger partial charge is 0.468 e. The van der Waals surface area contributed by atoms with Gasteiger partial charge in [0.1, 0.15) is 5.76 Å². The number of rotatable bonds is 2. The van der Waals surface area contributed by atoms with E-state index in [-0.39, 0.29) is 5.76 Å². The Kier molecular flexibility index (Phi) is 3.01. The molecule has 0 aliphatic carbocycles. The maximum atomic E-state index is 14.7. The zero-order valence-electron chi connectivity index (χ0n) is 9.80. The van der Waals surface area contributed by atoms with E-state index in [1.54, 1.807) is 0 Å². The summed E-state index contributed by atoms with van der Waals surface area (Å²) < 4.78 is 20.6. The Morgan fingerprint density at radius 1 is 1.63 bits per heavy atom. The number of nitrogens with zero attached hydrogens (tertiary/aromatic N) is 1. The number of hydrogen-bond donors (Lipinski definition) is 2. The van der Waals surface area contributed by atoms with Gasteiger partial charge in [0.05, 0.1) is 0 Å². The van der Waals surface area contributed by atoms with Gasteiger partial charge in [-0.15, -0.1) is 5.73 Å². The van der Waals surface area contributed by atoms with Crippen LogP contribution in [0.2, 0.25) is 0 Å². The second-order valence-electron chi connectivity index (χ2n) is 4.03. The number of nitrogens with one attached hydrogen (secondary N) is 1. The van der Waals surface area contributed by atoms with Gasteiger partial charge in [-0.3, -0.25) is 14.3 Å². The predicted octanol–water partition coefficient (Wildman–Crippen LogP) is -0.0106. The highest BCUT2D eigenvalue weighted by Crippen LogP contribution is 2.43. The second kappa shape index (κ2) is 4.38. The number of hydrogen-bond acceptors (Lipinski definition) is 4. The molecule has 100 valence electrons. The number of aromatic nitrogens is 2. The molecule has 2 rings (SSSR count). The molecule has 1 saturated heterocycles. The van der Waals surface area contributed by atoms with Crippen LogP contribution in [0, 0.1) is 0 Å². The molecule has 0 saturated carbocycles. The van der Waals surface area contributed by atoms with Gasteiger partial charge in [-0.1, -0.05) is 13.2 Å². The lowest BCUT2D eigenvalue weighted by atomic mass is 9.98. The number of halogens is 1. The number of aliphatic hydroxyl groups excluding tert-OH is 1. The summed E-state index contributed by atoms with van der Waals surface area (Å²) in [5.41, 5.74) is -1.72. The van der Waals surface area contributed by atoms with E-state index >= 15 is 0 Å². The minimum atomic E-state index is -2.44. The van der Waals surface area contributed by atoms with E-state index in [2.05, 4.69) is 18.9 Å². The average molecular weight is 266 g/mol. The van der Waals surface area contributed by atoms with Gasteiger partial charge in [-0.05, 0) is 0 Å². The summed E-state index contributed by atoms with van der Waals surface area (Å²) in [7, 11) is 0. The van der Waals surface area contributed by atoms with Gasteiger partial charge in [0.15, 0.2) is 6.10 Å². The average Bonchev–Trinajstić information content (AvgIpc) is 2.55. The Morgan fingerprint density at radius 2 is 2.32 bits per heavy atom. The van der Waals surface area contributed by atoms with Crippen LogP contribution in [0.3, 0.4) is 0 Å². The minimum Gasteiger partial charge on any atom is -0.468 e. The number of alkyl halides is 1. The van der Waals surface area contributed by atoms with E-state index in [0.29, 0.717) is 0 Å². The van der Waals surface area contributed by atoms with Crippen molar-refractivity contribution in [3.05, 3.63) is 63.8 Å². The molecule has 1 aliphatic rings. The van der Waals surface area contributed by atoms with Gasteiger partial charge in [-0.2, -0.15) is 0 Å². The van der Waals surface area contributed by atoms with Crippen molar-refractivity contribution in [1.82, 2.24) is 9.55 Å². The first-order chi connectivity index (χ1) is 8.90. The topological polar surface area (TPSA) is 84.3 Å². The molecule has 2 N–H and O–H groups in total. The molecule has 19 heavy (non-hydrogen) atoms. The number of aliphatic hydroxyl groups is 1. The summed E-state index contributed by atoms with van der Waals surface area (Å²) in [4.78, 5) is 24.6. The summed E-state index contributed by atoms with van der Waals surface area (Å²) >= 11 is 0. The zero-order valence-corrected chi connectivity index (χ0v) is 9.80. The van der Waals surface area contributed by atoms with Crippen molar-refractivity contribution in [3.63, 3.8) is 0 Å². The molecule has 1 aromatic rings. The molecular formula is C12H11FN2O4. The van der Waals surface area contributed by atoms with E-state index < -0.39 is 29.2 Å². The van der Waals surface area contributed by atoms with Gasteiger partial charge in [0.25, 0.3) is 5.56 Å². The van der Waals surface area contributed by atoms with Crippen LogP contribution < -0.4 is 11.2 Å². The predicted molar refractivity (Wildman–Crippen MR) is 64.1 cm³/mol. The summed E-state index contributed by atoms with van der Waals surface area (Å²) in [6.45, 7) is 6.60. The third kappa shape index (κ3) is 1.95. The van der Waals surface area contributed by atoms with Crippen LogP contribution in [0.4, 0.5) is 4.39 Å². The van der Waals surface area contributed by atoms with Crippen LogP contribution in [-0.2, 0) is 4.74 Å². The van der Waals surface area contributed by atoms with Crippen LogP contribution in [-0.4, -0.2) is 26.4 Å². The lowest BCUT2D eigenvalue weighted by Gasteiger charge is -2.24. The number of aromatic amines is 1. The Morgan fingerprint density at radius 3 is 2.89 bits per heavy atom. The van der Waals surface area contributed by atoms with E-state index in [4.69, 9.17) is 4.74 Å². The minimum absolute atomic E-state index is 0.225. The summed E-state index contributed by atoms with van der Waals surface area (Å²) in [5.74, 6) is -0.225. The van der Waals surface area contributed by atoms with Crippen molar-refractivity contribution >= 4 is 0 Å². The highest BCUT2D eigenvalue weighted by Gasteiger charge is 2.55. The molecule has 0 bridgehead atoms. The number of ether oxygens (including phenoxy) is 1. The second-order valence-corrected chi connectivity index (χ2v) is 4.03. The van der Waals surface area contributed by atoms with E-state index in [1.807, 2.05) is 4.98 Å². The normalized spacial score (nSPS) is 29.7. The molecule has 7 heteroatoms. The van der Waals surface area contributed by atoms with Crippen molar-refractivity contribution in [2.75, 3.05) is 0 Å². The lowest BCUT2D eigenvalue weighted by molar-refractivity contribution is -0.0152. The number of H-pyrrole nitrogens is 1. The molecule has 1 fully saturated rings. The quantitative estimate of drug-likeness (QED) is 0.737. The maximum absolute atomic E-state index is 14.7. The third-order valence-corrected chi connectivity index (χ3v) is 2.79. The monoisotopic (exact) mass is 266 g/mol. The van der Waals surface area contributed by atoms with Crippen LogP contribution in [0.1, 0.15) is 6.23 Å². The summed E-state index contributed by atoms with van der Waals surface area (Å²) in [6, 6.07) is 1.04. The van der Waals surface area contributed by atoms with E-state index in [0.717, 1.165) is 22.9 Å². The SMILES string of the molecule is C=C=CC1(F)C(O)C(=C)OC1n1ccc(=O)[nH]c1=O. The fourth-order valence-electron chi connectivity index (χ4n) is 1.87. The molecule has 2 heterocycles. The lowest BCUT2D eigenvalue weighted by Crippen LogP contribution is -2.43. The van der Waals surface area contributed by atoms with Gasteiger partial charge in [-0.25, -0.2) is 9.18 Å². The first-order valence-corrected chi connectivity index (χ1v) is 5.31. The van der Waals surface area contributed by atoms with Crippen molar-refractivity contribution in [2.45, 2.75) is 18.0 Å². The molecule has 0 amide bonds. The first-order valence-electron chi connectivity index (χ1n) is 5.31. The van der Waals surface area contributed by atoms with Crippen LogP contribution in [0.15, 0.2) is 52.6 Å². The Labute approximate surface area is 106 Å². The zero-order chi connectivity index (χ0) is 14.2. The molecule has 0 radical (unpaired) electrons. The van der Waals surface area contributed by atoms with Crippen LogP contribution in [0.5, 0.6) is 0 Å². The third-order valence-electron chi connectivity index (χ3n) is 2.79. The summed E-state index contributed by atoms with van der Waals surface area (Å²) in [5, 5.41) is 9.74. The van der Waals surface area contributed by atoms with E-state index in [1.165, 1.54) is 0 Å². The molecule has 3 unspecified atom stereocenters. The Balaban J connectivity index is 2.60. The van der Waals surface area contributed by atoms with Crippen LogP contribution >= 0.6 is 0 Å². The van der Waals surface area contributed by atoms with Crippen molar-refractivity contribution in [2.24, 2.45) is 0 Å². The molecule has 6 nitrogen and oxygen atoms in total. The molecule has 0 aromatic carbocycles. The first kappa shape index (κ1) is 13.1. The highest BCUT2D eigenvalue weighted by molar-refractivity contribution is 5.21. The molecule has 3 atom stereocenters. The fourth-order valence-corrected chi connectivity index (χ4v) is 1.87. The molecular weight excluding hydrogens is 255 g/mol. The van der Waals surface area contributed by atoms with Gasteiger partial charge >= 0.3 is 5.69 Å². The molecule has 1 aliphatic heterocycles. The standard InChI is InChI=1S/C12H11FN2O4/c1-3-5-12(13)9(17)7(2)19-10(12)15-6-4-8(16)14-11(15)18/h4-6,9-10,17H,1-2H2,(H,14,16,18). The maximum Gasteiger partial charge on any atom is 0.331 e. The smallest absolute Gasteiger partial charge is 0.331 e. The van der Waals surface area contributed by atoms with Crippen molar-refractivity contribution in [3.8, 4) is 0 Å². The van der Waals surface area contributed by atoms with Gasteiger partial charge in [0, 0.05) is 18.3 Å². The van der Waals surface area contributed by atoms with E-state index in [9.17, 15) is 19.1 Å². The Bertz CT molecular complexity index is 685. The van der Waals surface area contributed by atoms with Crippen molar-refractivity contribution in [1.29, 1.82) is 0 Å². The fraction of sp³-hybridized carbons (Fsp3) is 0.250. The molecule has 1 aromatic heterocycles. The Hall–Kier alpha value is -2.37. The summed E-state index contributed by atoms with van der Waals surface area (Å²) in [6.07, 6.45) is -1.22. The van der Waals surface area contributed by atoms with Crippen LogP contribution in [0.25, 0.3) is 0 Å². The van der Waals surface area contributed by atoms with Gasteiger partial charge in [0.2, 0.25) is 11.9 Å². The highest BCUT2D eigenvalue weighted by atomic mass is 19.1. The molecule has 0 spiro atoms.